The van der Waals surface area contributed by atoms with Crippen LogP contribution in [0.25, 0.3) is 11.0 Å². The lowest BCUT2D eigenvalue weighted by molar-refractivity contribution is 0.152. The van der Waals surface area contributed by atoms with Gasteiger partial charge in [-0.15, -0.1) is 0 Å². The van der Waals surface area contributed by atoms with Crippen LogP contribution in [0, 0.1) is 17.7 Å². The van der Waals surface area contributed by atoms with Crippen molar-refractivity contribution < 1.29 is 14.6 Å². The van der Waals surface area contributed by atoms with Crippen molar-refractivity contribution in [2.45, 2.75) is 18.9 Å². The second-order valence-corrected chi connectivity index (χ2v) is 7.01. The molecule has 140 valence electrons. The SMILES string of the molecule is Nn1c(=O)c2cc(F)c(N3C[C@H](CO)[C@@H](CO)C3)nc2n(C2CC2)c1=O. The maximum absolute atomic E-state index is 14.7. The molecule has 1 saturated carbocycles. The van der Waals surface area contributed by atoms with Gasteiger partial charge in [-0.2, -0.15) is 4.68 Å². The minimum Gasteiger partial charge on any atom is -0.396 e. The van der Waals surface area contributed by atoms with Crippen molar-refractivity contribution in [3.05, 3.63) is 32.7 Å². The molecule has 0 aromatic carbocycles. The highest BCUT2D eigenvalue weighted by molar-refractivity contribution is 5.77. The van der Waals surface area contributed by atoms with Gasteiger partial charge in [0.1, 0.15) is 0 Å². The number of aromatic nitrogens is 3. The molecular weight excluding hydrogens is 345 g/mol. The van der Waals surface area contributed by atoms with Gasteiger partial charge in [-0.1, -0.05) is 0 Å². The van der Waals surface area contributed by atoms with Gasteiger partial charge in [-0.3, -0.25) is 9.36 Å². The van der Waals surface area contributed by atoms with Crippen LogP contribution >= 0.6 is 0 Å². The molecular formula is C16H20FN5O4. The zero-order chi connectivity index (χ0) is 18.6. The maximum Gasteiger partial charge on any atom is 0.351 e. The molecule has 0 spiro atoms. The monoisotopic (exact) mass is 365 g/mol. The number of hydrogen-bond donors (Lipinski definition) is 3. The van der Waals surface area contributed by atoms with Gasteiger partial charge in [0.25, 0.3) is 5.56 Å². The molecule has 1 aliphatic carbocycles. The van der Waals surface area contributed by atoms with Crippen molar-refractivity contribution in [2.24, 2.45) is 11.8 Å². The third-order valence-electron chi connectivity index (χ3n) is 5.28. The molecule has 2 atom stereocenters. The molecule has 2 fully saturated rings. The second kappa shape index (κ2) is 6.06. The molecule has 0 unspecified atom stereocenters. The summed E-state index contributed by atoms with van der Waals surface area (Å²) in [6.07, 6.45) is 1.54. The lowest BCUT2D eigenvalue weighted by Crippen LogP contribution is -2.45. The first kappa shape index (κ1) is 17.0. The van der Waals surface area contributed by atoms with Crippen molar-refractivity contribution in [1.29, 1.82) is 0 Å². The molecule has 0 bridgehead atoms. The molecule has 3 heterocycles. The van der Waals surface area contributed by atoms with Gasteiger partial charge >= 0.3 is 5.69 Å². The third kappa shape index (κ3) is 2.48. The highest BCUT2D eigenvalue weighted by Gasteiger charge is 2.35. The predicted molar refractivity (Wildman–Crippen MR) is 92.0 cm³/mol. The fraction of sp³-hybridized carbons (Fsp3) is 0.562. The van der Waals surface area contributed by atoms with Crippen LogP contribution in [0.5, 0.6) is 0 Å². The number of nitrogens with two attached hydrogens (primary N) is 1. The Morgan fingerprint density at radius 2 is 1.81 bits per heavy atom. The van der Waals surface area contributed by atoms with E-state index in [2.05, 4.69) is 4.98 Å². The van der Waals surface area contributed by atoms with Crippen LogP contribution in [0.1, 0.15) is 18.9 Å². The summed E-state index contributed by atoms with van der Waals surface area (Å²) in [7, 11) is 0. The Bertz CT molecular complexity index is 971. The van der Waals surface area contributed by atoms with Crippen molar-refractivity contribution in [3.63, 3.8) is 0 Å². The molecule has 0 amide bonds. The first-order chi connectivity index (χ1) is 12.5. The highest BCUT2D eigenvalue weighted by Crippen LogP contribution is 2.36. The van der Waals surface area contributed by atoms with Gasteiger partial charge in [0, 0.05) is 44.2 Å². The van der Waals surface area contributed by atoms with Crippen LogP contribution in [0.2, 0.25) is 0 Å². The van der Waals surface area contributed by atoms with Crippen LogP contribution in [0.15, 0.2) is 15.7 Å². The maximum atomic E-state index is 14.7. The number of fused-ring (bicyclic) bond motifs is 1. The number of aliphatic hydroxyl groups excluding tert-OH is 2. The fourth-order valence-corrected chi connectivity index (χ4v) is 3.64. The number of nitrogen functional groups attached to an aromatic ring is 1. The molecule has 0 radical (unpaired) electrons. The number of halogens is 1. The van der Waals surface area contributed by atoms with E-state index in [4.69, 9.17) is 5.84 Å². The Morgan fingerprint density at radius 1 is 1.19 bits per heavy atom. The van der Waals surface area contributed by atoms with E-state index in [1.54, 1.807) is 4.90 Å². The van der Waals surface area contributed by atoms with Crippen molar-refractivity contribution >= 4 is 16.9 Å². The van der Waals surface area contributed by atoms with Crippen LogP contribution in [-0.2, 0) is 0 Å². The van der Waals surface area contributed by atoms with E-state index < -0.39 is 17.1 Å². The summed E-state index contributed by atoms with van der Waals surface area (Å²) in [4.78, 5) is 30.6. The zero-order valence-corrected chi connectivity index (χ0v) is 14.0. The van der Waals surface area contributed by atoms with Gasteiger partial charge < -0.3 is 21.0 Å². The van der Waals surface area contributed by atoms with Gasteiger partial charge in [0.2, 0.25) is 0 Å². The zero-order valence-electron chi connectivity index (χ0n) is 14.0. The number of hydrogen-bond acceptors (Lipinski definition) is 7. The minimum absolute atomic E-state index is 0.00914. The molecule has 4 rings (SSSR count). The van der Waals surface area contributed by atoms with Crippen LogP contribution < -0.4 is 22.0 Å². The van der Waals surface area contributed by atoms with Crippen molar-refractivity contribution in [3.8, 4) is 0 Å². The number of anilines is 1. The summed E-state index contributed by atoms with van der Waals surface area (Å²) >= 11 is 0. The van der Waals surface area contributed by atoms with E-state index in [0.29, 0.717) is 17.8 Å². The first-order valence-corrected chi connectivity index (χ1v) is 8.55. The Kier molecular flexibility index (Phi) is 3.96. The standard InChI is InChI=1S/C16H20FN5O4/c17-12-3-11-13(21(10-1-2-10)16(26)22(18)15(11)25)19-14(12)20-4-8(6-23)9(5-20)7-24/h3,8-10,23-24H,1-2,4-7,18H2/t8-,9-/m1/s1. The summed E-state index contributed by atoms with van der Waals surface area (Å²) in [5.74, 6) is 4.47. The second-order valence-electron chi connectivity index (χ2n) is 7.01. The van der Waals surface area contributed by atoms with Gasteiger partial charge in [-0.05, 0) is 18.9 Å². The summed E-state index contributed by atoms with van der Waals surface area (Å²) in [5.41, 5.74) is -1.34. The number of nitrogens with zero attached hydrogens (tertiary/aromatic N) is 4. The minimum atomic E-state index is -0.789. The summed E-state index contributed by atoms with van der Waals surface area (Å²) < 4.78 is 16.5. The van der Waals surface area contributed by atoms with Crippen LogP contribution in [0.4, 0.5) is 10.2 Å². The number of rotatable bonds is 4. The summed E-state index contributed by atoms with van der Waals surface area (Å²) in [6, 6.07) is 0.960. The Hall–Kier alpha value is -2.46. The average Bonchev–Trinajstić information content (AvgIpc) is 3.38. The molecule has 2 aliphatic rings. The Balaban J connectivity index is 1.89. The van der Waals surface area contributed by atoms with Crippen molar-refractivity contribution in [2.75, 3.05) is 37.0 Å². The van der Waals surface area contributed by atoms with E-state index in [0.717, 1.165) is 18.9 Å². The lowest BCUT2D eigenvalue weighted by atomic mass is 9.98. The molecule has 10 heteroatoms. The summed E-state index contributed by atoms with van der Waals surface area (Å²) in [5, 5.41) is 18.8. The molecule has 9 nitrogen and oxygen atoms in total. The Labute approximate surface area is 147 Å². The largest absolute Gasteiger partial charge is 0.396 e. The third-order valence-corrected chi connectivity index (χ3v) is 5.28. The van der Waals surface area contributed by atoms with E-state index in [1.807, 2.05) is 0 Å². The molecule has 26 heavy (non-hydrogen) atoms. The van der Waals surface area contributed by atoms with E-state index in [-0.39, 0.29) is 47.9 Å². The van der Waals surface area contributed by atoms with Gasteiger partial charge in [0.15, 0.2) is 17.3 Å². The van der Waals surface area contributed by atoms with Crippen LogP contribution in [-0.4, -0.2) is 50.7 Å². The molecule has 2 aromatic heterocycles. The van der Waals surface area contributed by atoms with E-state index in [1.165, 1.54) is 4.57 Å². The fourth-order valence-electron chi connectivity index (χ4n) is 3.64. The topological polar surface area (TPSA) is 127 Å². The molecule has 1 saturated heterocycles. The molecule has 4 N–H and O–H groups in total. The highest BCUT2D eigenvalue weighted by atomic mass is 19.1. The van der Waals surface area contributed by atoms with E-state index in [9.17, 15) is 24.2 Å². The normalized spacial score (nSPS) is 23.1. The average molecular weight is 365 g/mol. The smallest absolute Gasteiger partial charge is 0.351 e. The first-order valence-electron chi connectivity index (χ1n) is 8.55. The lowest BCUT2D eigenvalue weighted by Gasteiger charge is -2.19. The van der Waals surface area contributed by atoms with Crippen molar-refractivity contribution in [1.82, 2.24) is 14.2 Å². The molecule has 2 aromatic rings. The predicted octanol–water partition coefficient (Wildman–Crippen LogP) is -1.22. The number of aliphatic hydroxyl groups is 2. The molecule has 1 aliphatic heterocycles. The summed E-state index contributed by atoms with van der Waals surface area (Å²) in [6.45, 7) is 0.417. The van der Waals surface area contributed by atoms with Crippen LogP contribution in [0.3, 0.4) is 0 Å². The quantitative estimate of drug-likeness (QED) is 0.580. The van der Waals surface area contributed by atoms with Gasteiger partial charge in [-0.25, -0.2) is 14.2 Å². The van der Waals surface area contributed by atoms with E-state index >= 15 is 0 Å². The number of pyridine rings is 1. The van der Waals surface area contributed by atoms with Gasteiger partial charge in [0.05, 0.1) is 5.39 Å². The Morgan fingerprint density at radius 3 is 2.35 bits per heavy atom.